The summed E-state index contributed by atoms with van der Waals surface area (Å²) >= 11 is 0. The van der Waals surface area contributed by atoms with Gasteiger partial charge in [0.1, 0.15) is 18.3 Å². The molecule has 246 valence electrons. The predicted molar refractivity (Wildman–Crippen MR) is 189 cm³/mol. The summed E-state index contributed by atoms with van der Waals surface area (Å²) in [5.74, 6) is 6.39. The number of hydrogen-bond acceptors (Lipinski definition) is 5. The van der Waals surface area contributed by atoms with Crippen LogP contribution in [0.4, 0.5) is 0 Å². The lowest BCUT2D eigenvalue weighted by atomic mass is 10.1. The number of rotatable bonds is 15. The van der Waals surface area contributed by atoms with Crippen molar-refractivity contribution in [3.8, 4) is 11.8 Å². The molecule has 0 spiro atoms. The van der Waals surface area contributed by atoms with E-state index in [4.69, 9.17) is 18.3 Å². The van der Waals surface area contributed by atoms with Crippen molar-refractivity contribution < 1.29 is 23.4 Å². The van der Waals surface area contributed by atoms with Crippen LogP contribution < -0.4 is 0 Å². The lowest BCUT2D eigenvalue weighted by molar-refractivity contribution is -0.0793. The Morgan fingerprint density at radius 3 is 1.59 bits per heavy atom. The van der Waals surface area contributed by atoms with E-state index < -0.39 is 28.8 Å². The Balaban J connectivity index is 2.25. The van der Waals surface area contributed by atoms with Crippen molar-refractivity contribution in [2.45, 2.75) is 148 Å². The molecular weight excluding hydrogens is 581 g/mol. The maximum atomic E-state index is 11.5. The van der Waals surface area contributed by atoms with Crippen LogP contribution in [0.25, 0.3) is 0 Å². The van der Waals surface area contributed by atoms with Gasteiger partial charge in [-0.05, 0) is 74.1 Å². The van der Waals surface area contributed by atoms with Gasteiger partial charge in [-0.15, -0.1) is 0 Å². The fourth-order valence-electron chi connectivity index (χ4n) is 4.31. The summed E-state index contributed by atoms with van der Waals surface area (Å²) in [5, 5.41) is 11.6. The highest BCUT2D eigenvalue weighted by Crippen LogP contribution is 2.39. The normalized spacial score (nSPS) is 16.4. The molecule has 7 heteroatoms. The quantitative estimate of drug-likeness (QED) is 0.155. The zero-order valence-electron chi connectivity index (χ0n) is 29.6. The monoisotopic (exact) mass is 640 g/mol. The van der Waals surface area contributed by atoms with Gasteiger partial charge in [0.2, 0.25) is 0 Å². The first-order valence-electron chi connectivity index (χ1n) is 16.2. The summed E-state index contributed by atoms with van der Waals surface area (Å²) in [6, 6.07) is 20.1. The average Bonchev–Trinajstić information content (AvgIpc) is 2.92. The van der Waals surface area contributed by atoms with E-state index in [2.05, 4.69) is 98.6 Å². The third-order valence-corrected chi connectivity index (χ3v) is 18.3. The van der Waals surface area contributed by atoms with Crippen LogP contribution in [-0.4, -0.2) is 52.3 Å². The van der Waals surface area contributed by atoms with Gasteiger partial charge >= 0.3 is 0 Å². The van der Waals surface area contributed by atoms with Gasteiger partial charge in [0, 0.05) is 6.10 Å². The van der Waals surface area contributed by atoms with Crippen molar-refractivity contribution in [3.63, 3.8) is 0 Å². The molecule has 0 radical (unpaired) electrons. The van der Waals surface area contributed by atoms with E-state index in [1.54, 1.807) is 0 Å². The fraction of sp³-hybridized carbons (Fsp3) is 0.622. The second kappa shape index (κ2) is 16.7. The van der Waals surface area contributed by atoms with E-state index in [-0.39, 0.29) is 28.4 Å². The van der Waals surface area contributed by atoms with Gasteiger partial charge in [-0.25, -0.2) is 0 Å². The van der Waals surface area contributed by atoms with Crippen molar-refractivity contribution in [2.75, 3.05) is 0 Å². The number of benzene rings is 2. The van der Waals surface area contributed by atoms with Crippen LogP contribution in [0.1, 0.15) is 79.4 Å². The molecule has 0 heterocycles. The third-order valence-electron chi connectivity index (χ3n) is 9.17. The summed E-state index contributed by atoms with van der Waals surface area (Å²) < 4.78 is 26.0. The highest BCUT2D eigenvalue weighted by Gasteiger charge is 2.41. The molecule has 0 aliphatic heterocycles. The van der Waals surface area contributed by atoms with Gasteiger partial charge in [0.15, 0.2) is 16.6 Å². The van der Waals surface area contributed by atoms with Crippen LogP contribution in [-0.2, 0) is 31.5 Å². The Hall–Kier alpha value is -1.77. The summed E-state index contributed by atoms with van der Waals surface area (Å²) in [6.45, 7) is 27.4. The predicted octanol–water partition coefficient (Wildman–Crippen LogP) is 9.12. The van der Waals surface area contributed by atoms with Gasteiger partial charge in [-0.2, -0.15) is 0 Å². The second-order valence-corrected chi connectivity index (χ2v) is 24.6. The Bertz CT molecular complexity index is 1160. The molecule has 0 saturated heterocycles. The molecule has 0 aliphatic rings. The fourth-order valence-corrected chi connectivity index (χ4v) is 7.21. The lowest BCUT2D eigenvalue weighted by Gasteiger charge is -2.40. The van der Waals surface area contributed by atoms with E-state index in [0.717, 1.165) is 17.5 Å². The average molecular weight is 641 g/mol. The maximum Gasteiger partial charge on any atom is 0.192 e. The molecule has 2 rings (SSSR count). The van der Waals surface area contributed by atoms with Crippen molar-refractivity contribution in [3.05, 3.63) is 71.8 Å². The van der Waals surface area contributed by atoms with Crippen LogP contribution in [0.15, 0.2) is 60.7 Å². The zero-order chi connectivity index (χ0) is 33.2. The van der Waals surface area contributed by atoms with E-state index in [1.807, 2.05) is 55.5 Å². The van der Waals surface area contributed by atoms with Crippen LogP contribution in [0.5, 0.6) is 0 Å². The third kappa shape index (κ3) is 12.6. The SMILES string of the molecule is C[C@H](CC[C@@H](C#CC(O)[C@@H](OCc1ccccc1)[C@H](C)O[Si](C)(C)C(C)(C)C)OCc1ccccc1)O[Si](C)(C)C(C)(C)C. The molecule has 1 unspecified atom stereocenters. The first kappa shape index (κ1) is 38.4. The van der Waals surface area contributed by atoms with Gasteiger partial charge in [0.25, 0.3) is 0 Å². The minimum atomic E-state index is -2.11. The van der Waals surface area contributed by atoms with E-state index in [0.29, 0.717) is 19.6 Å². The molecule has 0 saturated carbocycles. The maximum absolute atomic E-state index is 11.5. The molecule has 1 N–H and O–H groups in total. The standard InChI is InChI=1S/C37H60O5Si2/c1-29(41-43(9,10)36(3,4)5)23-24-33(39-27-31-19-15-13-16-20-31)25-26-34(38)35(40-28-32-21-17-14-18-22-32)30(2)42-44(11,12)37(6,7)8/h13-22,29-30,33-35,38H,23-24,27-28H2,1-12H3/t29-,30+,33+,34?,35+/m1/s1. The molecule has 2 aromatic rings. The van der Waals surface area contributed by atoms with Crippen molar-refractivity contribution in [1.82, 2.24) is 0 Å². The van der Waals surface area contributed by atoms with Crippen LogP contribution >= 0.6 is 0 Å². The van der Waals surface area contributed by atoms with Crippen LogP contribution in [0.3, 0.4) is 0 Å². The summed E-state index contributed by atoms with van der Waals surface area (Å²) in [6.07, 6.45) is -0.754. The molecule has 44 heavy (non-hydrogen) atoms. The van der Waals surface area contributed by atoms with Gasteiger partial charge in [-0.1, -0.05) is 114 Å². The Labute approximate surface area is 271 Å². The van der Waals surface area contributed by atoms with Gasteiger partial charge in [-0.3, -0.25) is 0 Å². The molecule has 0 aromatic heterocycles. The lowest BCUT2D eigenvalue weighted by Crippen LogP contribution is -2.49. The Morgan fingerprint density at radius 2 is 1.11 bits per heavy atom. The summed E-state index contributed by atoms with van der Waals surface area (Å²) in [7, 11) is -4.00. The van der Waals surface area contributed by atoms with Gasteiger partial charge in [0.05, 0.1) is 19.3 Å². The molecular formula is C37H60O5Si2. The highest BCUT2D eigenvalue weighted by molar-refractivity contribution is 6.74. The van der Waals surface area contributed by atoms with Crippen molar-refractivity contribution >= 4 is 16.6 Å². The minimum absolute atomic E-state index is 0.0292. The molecule has 5 nitrogen and oxygen atoms in total. The molecule has 5 atom stereocenters. The van der Waals surface area contributed by atoms with Crippen molar-refractivity contribution in [1.29, 1.82) is 0 Å². The number of aliphatic hydroxyl groups excluding tert-OH is 1. The molecule has 2 aromatic carbocycles. The number of ether oxygens (including phenoxy) is 2. The zero-order valence-corrected chi connectivity index (χ0v) is 31.6. The van der Waals surface area contributed by atoms with E-state index in [9.17, 15) is 5.11 Å². The molecule has 0 bridgehead atoms. The highest BCUT2D eigenvalue weighted by atomic mass is 28.4. The largest absolute Gasteiger partial charge is 0.414 e. The summed E-state index contributed by atoms with van der Waals surface area (Å²) in [5.41, 5.74) is 2.13. The van der Waals surface area contributed by atoms with E-state index >= 15 is 0 Å². The molecule has 0 aliphatic carbocycles. The topological polar surface area (TPSA) is 57.2 Å². The number of aliphatic hydroxyl groups is 1. The Kier molecular flexibility index (Phi) is 14.6. The minimum Gasteiger partial charge on any atom is -0.414 e. The Morgan fingerprint density at radius 1 is 0.659 bits per heavy atom. The number of hydrogen-bond donors (Lipinski definition) is 1. The van der Waals surface area contributed by atoms with Crippen LogP contribution in [0, 0.1) is 11.8 Å². The first-order valence-corrected chi connectivity index (χ1v) is 22.0. The summed E-state index contributed by atoms with van der Waals surface area (Å²) in [4.78, 5) is 0. The molecule has 0 fully saturated rings. The van der Waals surface area contributed by atoms with Gasteiger partial charge < -0.3 is 23.4 Å². The van der Waals surface area contributed by atoms with Crippen molar-refractivity contribution in [2.24, 2.45) is 0 Å². The molecule has 0 amide bonds. The smallest absolute Gasteiger partial charge is 0.192 e. The second-order valence-electron chi connectivity index (χ2n) is 15.1. The first-order chi connectivity index (χ1) is 20.3. The van der Waals surface area contributed by atoms with E-state index in [1.165, 1.54) is 0 Å². The van der Waals surface area contributed by atoms with Crippen LogP contribution in [0.2, 0.25) is 36.3 Å².